The fourth-order valence-corrected chi connectivity index (χ4v) is 4.43. The zero-order chi connectivity index (χ0) is 20.8. The molecular formula is C16H32O8Ti. The Labute approximate surface area is 155 Å². The van der Waals surface area contributed by atoms with Crippen LogP contribution in [0.2, 0.25) is 0 Å². The Bertz CT molecular complexity index is 384. The molecule has 0 aliphatic rings. The molecule has 0 aromatic carbocycles. The van der Waals surface area contributed by atoms with E-state index in [0.29, 0.717) is 0 Å². The van der Waals surface area contributed by atoms with Gasteiger partial charge in [-0.1, -0.05) is 0 Å². The van der Waals surface area contributed by atoms with Crippen LogP contribution in [-0.2, 0) is 50.6 Å². The first-order valence-electron chi connectivity index (χ1n) is 7.82. The van der Waals surface area contributed by atoms with Crippen LogP contribution in [0.15, 0.2) is 0 Å². The maximum absolute atomic E-state index is 11.1. The normalized spacial score (nSPS) is 10.1. The van der Waals surface area contributed by atoms with Crippen molar-refractivity contribution in [1.82, 2.24) is 0 Å². The minimum atomic E-state index is -4.32. The monoisotopic (exact) mass is 400 g/mol. The summed E-state index contributed by atoms with van der Waals surface area (Å²) in [5.74, 6) is -0.847. The molecule has 0 saturated carbocycles. The maximum atomic E-state index is 11.1. The van der Waals surface area contributed by atoms with Crippen molar-refractivity contribution in [1.29, 1.82) is 0 Å². The molecule has 0 atom stereocenters. The predicted octanol–water partition coefficient (Wildman–Crippen LogP) is 2.97. The maximum Gasteiger partial charge on any atom is 0.126 e. The molecule has 0 saturated heterocycles. The Morgan fingerprint density at radius 3 is 0.920 bits per heavy atom. The van der Waals surface area contributed by atoms with Crippen LogP contribution in [0.25, 0.3) is 0 Å². The summed E-state index contributed by atoms with van der Waals surface area (Å²) in [7, 11) is 0. The van der Waals surface area contributed by atoms with Crippen molar-refractivity contribution in [2.45, 2.75) is 81.4 Å². The van der Waals surface area contributed by atoms with Gasteiger partial charge in [0.1, 0.15) is 11.6 Å². The van der Waals surface area contributed by atoms with Gasteiger partial charge in [0.2, 0.25) is 0 Å². The van der Waals surface area contributed by atoms with E-state index in [-0.39, 0.29) is 23.8 Å². The third kappa shape index (κ3) is 28.0. The van der Waals surface area contributed by atoms with Crippen LogP contribution < -0.4 is 0 Å². The molecule has 0 aliphatic heterocycles. The fraction of sp³-hybridized carbons (Fsp3) is 0.750. The molecule has 0 aliphatic carbocycles. The molecule has 0 spiro atoms. The zero-order valence-corrected chi connectivity index (χ0v) is 18.5. The summed E-state index contributed by atoms with van der Waals surface area (Å²) < 4.78 is 21.0. The Balaban J connectivity index is -0.000000503. The number of carbonyl (C=O) groups excluding carboxylic acids is 4. The Hall–Kier alpha value is -1.09. The van der Waals surface area contributed by atoms with Crippen LogP contribution in [0.3, 0.4) is 0 Å². The fourth-order valence-electron chi connectivity index (χ4n) is 1.07. The van der Waals surface area contributed by atoms with E-state index < -0.39 is 30.1 Å². The minimum absolute atomic E-state index is 0.167. The van der Waals surface area contributed by atoms with Crippen molar-refractivity contribution in [2.24, 2.45) is 0 Å². The van der Waals surface area contributed by atoms with Crippen molar-refractivity contribution >= 4 is 23.5 Å². The largest absolute Gasteiger partial charge is 0.300 e. The van der Waals surface area contributed by atoms with Gasteiger partial charge in [0, 0.05) is 0 Å². The molecule has 0 N–H and O–H groups in total. The second-order valence-corrected chi connectivity index (χ2v) is 8.77. The van der Waals surface area contributed by atoms with Crippen LogP contribution in [0, 0.1) is 0 Å². The first-order chi connectivity index (χ1) is 11.1. The summed E-state index contributed by atoms with van der Waals surface area (Å²) in [5.41, 5.74) is 0. The molecule has 148 valence electrons. The molecule has 0 heterocycles. The number of rotatable bonds is 6. The average Bonchev–Trinajstić information content (AvgIpc) is 2.20. The van der Waals surface area contributed by atoms with Crippen LogP contribution >= 0.6 is 0 Å². The zero-order valence-electron chi connectivity index (χ0n) is 16.9. The second-order valence-electron chi connectivity index (χ2n) is 5.84. The summed E-state index contributed by atoms with van der Waals surface area (Å²) in [6.45, 7) is 15.5. The number of ketones is 2. The molecule has 0 fully saturated rings. The molecule has 0 amide bonds. The number of hydrogen-bond acceptors (Lipinski definition) is 8. The van der Waals surface area contributed by atoms with Gasteiger partial charge in [-0.05, 0) is 27.7 Å². The summed E-state index contributed by atoms with van der Waals surface area (Å²) in [6, 6.07) is 0. The van der Waals surface area contributed by atoms with E-state index in [1.165, 1.54) is 41.5 Å². The topological polar surface area (TPSA) is 105 Å². The molecule has 0 rings (SSSR count). The molecule has 0 radical (unpaired) electrons. The number of carbonyl (C=O) groups is 4. The molecule has 25 heavy (non-hydrogen) atoms. The van der Waals surface area contributed by atoms with Crippen LogP contribution in [0.1, 0.15) is 69.2 Å². The summed E-state index contributed by atoms with van der Waals surface area (Å²) in [5, 5.41) is 0. The van der Waals surface area contributed by atoms with E-state index in [1.54, 1.807) is 27.7 Å². The SMILES string of the molecule is CC(=O)[O][Ti]([O]C(C)=O)([O]C(C)C)[O]C(C)C.CC(C)=O.CC(C)=O. The van der Waals surface area contributed by atoms with Gasteiger partial charge >= 0.3 is 107 Å². The third-order valence-corrected chi connectivity index (χ3v) is 5.35. The number of Topliss-reactive ketones (excluding diaryl/α,β-unsaturated/α-hetero) is 2. The van der Waals surface area contributed by atoms with Gasteiger partial charge in [-0.15, -0.1) is 0 Å². The molecule has 9 heteroatoms. The van der Waals surface area contributed by atoms with Crippen molar-refractivity contribution in [3.8, 4) is 0 Å². The van der Waals surface area contributed by atoms with Crippen molar-refractivity contribution in [3.63, 3.8) is 0 Å². The van der Waals surface area contributed by atoms with E-state index in [2.05, 4.69) is 0 Å². The van der Waals surface area contributed by atoms with Crippen LogP contribution in [0.5, 0.6) is 0 Å². The Morgan fingerprint density at radius 1 is 0.600 bits per heavy atom. The smallest absolute Gasteiger partial charge is 0.126 e. The van der Waals surface area contributed by atoms with Gasteiger partial charge in [0.15, 0.2) is 0 Å². The van der Waals surface area contributed by atoms with Gasteiger partial charge in [0.05, 0.1) is 0 Å². The van der Waals surface area contributed by atoms with Crippen molar-refractivity contribution in [3.05, 3.63) is 0 Å². The molecule has 8 nitrogen and oxygen atoms in total. The van der Waals surface area contributed by atoms with Gasteiger partial charge in [0.25, 0.3) is 0 Å². The molecule has 0 unspecified atom stereocenters. The molecule has 0 aromatic rings. The predicted molar refractivity (Wildman–Crippen MR) is 88.7 cm³/mol. The van der Waals surface area contributed by atoms with E-state index in [4.69, 9.17) is 13.3 Å². The van der Waals surface area contributed by atoms with E-state index in [0.717, 1.165) is 0 Å². The Morgan fingerprint density at radius 2 is 0.800 bits per heavy atom. The van der Waals surface area contributed by atoms with Crippen LogP contribution in [-0.4, -0.2) is 35.7 Å². The standard InChI is InChI=1S/2C3H7O.2C3H6O.2C2H4O2.Ti/c4*1-3(2)4;2*1-2(3)4;/h2*3H,1-2H3;2*1-2H3;2*1H3,(H,3,4);/q2*-1;;;;;+4/p-2. The van der Waals surface area contributed by atoms with Crippen LogP contribution in [0.4, 0.5) is 0 Å². The van der Waals surface area contributed by atoms with Gasteiger partial charge < -0.3 is 9.59 Å². The molecular weight excluding hydrogens is 368 g/mol. The Kier molecular flexibility index (Phi) is 17.4. The van der Waals surface area contributed by atoms with Gasteiger partial charge in [-0.25, -0.2) is 0 Å². The average molecular weight is 400 g/mol. The summed E-state index contributed by atoms with van der Waals surface area (Å²) >= 11 is -4.32. The van der Waals surface area contributed by atoms with Gasteiger partial charge in [-0.3, -0.25) is 0 Å². The summed E-state index contributed by atoms with van der Waals surface area (Å²) in [4.78, 5) is 41.0. The van der Waals surface area contributed by atoms with E-state index >= 15 is 0 Å². The quantitative estimate of drug-likeness (QED) is 0.627. The molecule has 0 aromatic heterocycles. The van der Waals surface area contributed by atoms with Crippen molar-refractivity contribution in [2.75, 3.05) is 0 Å². The second kappa shape index (κ2) is 15.2. The van der Waals surface area contributed by atoms with E-state index in [9.17, 15) is 19.2 Å². The van der Waals surface area contributed by atoms with E-state index in [1.807, 2.05) is 0 Å². The first kappa shape index (κ1) is 28.7. The summed E-state index contributed by atoms with van der Waals surface area (Å²) in [6.07, 6.45) is -0.542. The third-order valence-electron chi connectivity index (χ3n) is 1.30. The minimum Gasteiger partial charge on any atom is -0.300 e. The van der Waals surface area contributed by atoms with Gasteiger partial charge in [-0.2, -0.15) is 0 Å². The van der Waals surface area contributed by atoms with Crippen molar-refractivity contribution < 1.29 is 50.6 Å². The number of hydrogen-bond donors (Lipinski definition) is 0. The first-order valence-corrected chi connectivity index (χ1v) is 10.4. The molecule has 0 bridgehead atoms.